The van der Waals surface area contributed by atoms with Gasteiger partial charge in [0.15, 0.2) is 21.4 Å². The first kappa shape index (κ1) is 21.4. The Hall–Kier alpha value is -3.43. The van der Waals surface area contributed by atoms with Crippen molar-refractivity contribution in [3.63, 3.8) is 0 Å². The highest BCUT2D eigenvalue weighted by Crippen LogP contribution is 2.31. The lowest BCUT2D eigenvalue weighted by Gasteiger charge is -2.25. The summed E-state index contributed by atoms with van der Waals surface area (Å²) < 4.78 is 25.2. The molecule has 1 atom stereocenters. The number of imidazole rings is 1. The third kappa shape index (κ3) is 4.17. The number of aliphatic hydroxyl groups is 1. The van der Waals surface area contributed by atoms with Crippen LogP contribution in [0.1, 0.15) is 12.8 Å². The van der Waals surface area contributed by atoms with Gasteiger partial charge in [-0.1, -0.05) is 6.07 Å². The average molecular weight is 465 g/mol. The van der Waals surface area contributed by atoms with E-state index in [0.29, 0.717) is 17.3 Å². The van der Waals surface area contributed by atoms with E-state index in [-0.39, 0.29) is 17.5 Å². The van der Waals surface area contributed by atoms with Gasteiger partial charge >= 0.3 is 0 Å². The van der Waals surface area contributed by atoms with E-state index in [4.69, 9.17) is 9.82 Å². The van der Waals surface area contributed by atoms with Crippen molar-refractivity contribution >= 4 is 26.6 Å². The molecule has 1 N–H and O–H groups in total. The van der Waals surface area contributed by atoms with Crippen molar-refractivity contribution in [3.8, 4) is 17.3 Å². The Morgan fingerprint density at radius 3 is 2.64 bits per heavy atom. The molecule has 3 heterocycles. The lowest BCUT2D eigenvalue weighted by molar-refractivity contribution is 0.231. The molecular weight excluding hydrogens is 440 g/mol. The van der Waals surface area contributed by atoms with Crippen molar-refractivity contribution < 1.29 is 18.4 Å². The van der Waals surface area contributed by atoms with Gasteiger partial charge in [-0.25, -0.2) is 13.4 Å². The zero-order chi connectivity index (χ0) is 23.0. The number of rotatable bonds is 6. The molecule has 170 valence electrons. The molecule has 9 heteroatoms. The summed E-state index contributed by atoms with van der Waals surface area (Å²) in [6.45, 7) is 0.992. The fraction of sp³-hybridized carbons (Fsp3) is 0.250. The highest BCUT2D eigenvalue weighted by molar-refractivity contribution is 7.90. The van der Waals surface area contributed by atoms with Gasteiger partial charge in [0.05, 0.1) is 23.1 Å². The van der Waals surface area contributed by atoms with Crippen LogP contribution in [0.25, 0.3) is 22.6 Å². The van der Waals surface area contributed by atoms with Crippen LogP contribution in [-0.2, 0) is 9.84 Å². The van der Waals surface area contributed by atoms with Gasteiger partial charge in [0.2, 0.25) is 0 Å². The summed E-state index contributed by atoms with van der Waals surface area (Å²) in [4.78, 5) is 17.8. The minimum Gasteiger partial charge on any atom is -0.394 e. The van der Waals surface area contributed by atoms with Crippen LogP contribution in [0.4, 0.5) is 5.69 Å². The number of hydrogen-bond donors (Lipinski definition) is 1. The number of benzene rings is 2. The Morgan fingerprint density at radius 2 is 1.94 bits per heavy atom. The Kier molecular flexibility index (Phi) is 5.51. The zero-order valence-corrected chi connectivity index (χ0v) is 18.9. The molecule has 4 aromatic rings. The van der Waals surface area contributed by atoms with E-state index >= 15 is 0 Å². The fourth-order valence-corrected chi connectivity index (χ4v) is 4.82. The first-order valence-corrected chi connectivity index (χ1v) is 12.6. The monoisotopic (exact) mass is 464 g/mol. The summed E-state index contributed by atoms with van der Waals surface area (Å²) in [5, 5.41) is 9.76. The molecule has 2 aromatic heterocycles. The molecule has 1 aliphatic rings. The molecule has 5 rings (SSSR count). The zero-order valence-electron chi connectivity index (χ0n) is 18.1. The molecule has 1 fully saturated rings. The molecule has 0 saturated carbocycles. The van der Waals surface area contributed by atoms with Gasteiger partial charge in [-0.2, -0.15) is 4.73 Å². The summed E-state index contributed by atoms with van der Waals surface area (Å²) in [6, 6.07) is 17.9. The van der Waals surface area contributed by atoms with Crippen LogP contribution >= 0.6 is 0 Å². The van der Waals surface area contributed by atoms with E-state index in [1.807, 2.05) is 36.4 Å². The summed E-state index contributed by atoms with van der Waals surface area (Å²) in [5.74, 6) is 1.01. The van der Waals surface area contributed by atoms with Gasteiger partial charge in [0.1, 0.15) is 11.2 Å². The quantitative estimate of drug-likeness (QED) is 0.468. The molecule has 0 radical (unpaired) electrons. The maximum Gasteiger partial charge on any atom is 0.196 e. The number of sulfone groups is 1. The number of pyridine rings is 1. The predicted octanol–water partition coefficient (Wildman–Crippen LogP) is 3.31. The van der Waals surface area contributed by atoms with E-state index < -0.39 is 9.84 Å². The van der Waals surface area contributed by atoms with E-state index in [9.17, 15) is 13.5 Å². The third-order valence-electron chi connectivity index (χ3n) is 5.86. The molecule has 1 saturated heterocycles. The summed E-state index contributed by atoms with van der Waals surface area (Å²) >= 11 is 0. The molecule has 2 aromatic carbocycles. The van der Waals surface area contributed by atoms with Gasteiger partial charge in [-0.05, 0) is 67.4 Å². The van der Waals surface area contributed by atoms with Crippen molar-refractivity contribution in [2.75, 3.05) is 24.3 Å². The average Bonchev–Trinajstić information content (AvgIpc) is 3.44. The van der Waals surface area contributed by atoms with Gasteiger partial charge in [-0.3, -0.25) is 4.98 Å². The van der Waals surface area contributed by atoms with Crippen LogP contribution in [-0.4, -0.2) is 53.7 Å². The maximum absolute atomic E-state index is 11.8. The highest BCUT2D eigenvalue weighted by atomic mass is 32.2. The lowest BCUT2D eigenvalue weighted by Crippen LogP contribution is -2.31. The van der Waals surface area contributed by atoms with E-state index in [2.05, 4.69) is 9.88 Å². The summed E-state index contributed by atoms with van der Waals surface area (Å²) in [6.07, 6.45) is 4.85. The normalized spacial score (nSPS) is 16.4. The molecule has 8 nitrogen and oxygen atoms in total. The summed E-state index contributed by atoms with van der Waals surface area (Å²) in [5.41, 5.74) is 3.14. The lowest BCUT2D eigenvalue weighted by atomic mass is 10.2. The Balaban J connectivity index is 1.61. The van der Waals surface area contributed by atoms with Gasteiger partial charge in [0, 0.05) is 24.7 Å². The van der Waals surface area contributed by atoms with Crippen LogP contribution in [0.3, 0.4) is 0 Å². The van der Waals surface area contributed by atoms with Crippen molar-refractivity contribution in [1.29, 1.82) is 0 Å². The Morgan fingerprint density at radius 1 is 1.12 bits per heavy atom. The molecule has 0 aliphatic carbocycles. The van der Waals surface area contributed by atoms with E-state index in [0.717, 1.165) is 36.1 Å². The first-order chi connectivity index (χ1) is 15.9. The van der Waals surface area contributed by atoms with Crippen LogP contribution in [0.2, 0.25) is 0 Å². The second-order valence-electron chi connectivity index (χ2n) is 8.12. The molecule has 0 amide bonds. The topological polar surface area (TPSA) is 97.6 Å². The fourth-order valence-electron chi connectivity index (χ4n) is 4.19. The second kappa shape index (κ2) is 8.49. The molecule has 1 aliphatic heterocycles. The molecule has 0 spiro atoms. The van der Waals surface area contributed by atoms with E-state index in [1.165, 1.54) is 18.4 Å². The van der Waals surface area contributed by atoms with Gasteiger partial charge < -0.3 is 14.8 Å². The molecule has 1 unspecified atom stereocenters. The van der Waals surface area contributed by atoms with Gasteiger partial charge in [-0.15, -0.1) is 0 Å². The van der Waals surface area contributed by atoms with Crippen molar-refractivity contribution in [1.82, 2.24) is 14.7 Å². The van der Waals surface area contributed by atoms with Crippen LogP contribution in [0.5, 0.6) is 5.75 Å². The summed E-state index contributed by atoms with van der Waals surface area (Å²) in [7, 11) is -3.30. The molecule has 0 bridgehead atoms. The Labute approximate surface area is 192 Å². The van der Waals surface area contributed by atoms with Crippen LogP contribution < -0.4 is 9.74 Å². The predicted molar refractivity (Wildman–Crippen MR) is 126 cm³/mol. The van der Waals surface area contributed by atoms with Crippen LogP contribution in [0, 0.1) is 0 Å². The number of aliphatic hydroxyl groups excluding tert-OH is 1. The number of aromatic nitrogens is 3. The third-order valence-corrected chi connectivity index (χ3v) is 6.99. The van der Waals surface area contributed by atoms with Gasteiger partial charge in [0.25, 0.3) is 0 Å². The number of nitrogens with zero attached hydrogens (tertiary/aromatic N) is 4. The second-order valence-corrected chi connectivity index (χ2v) is 10.1. The van der Waals surface area contributed by atoms with E-state index in [1.54, 1.807) is 23.1 Å². The number of hydrogen-bond acceptors (Lipinski definition) is 7. The smallest absolute Gasteiger partial charge is 0.196 e. The Bertz CT molecular complexity index is 1390. The van der Waals surface area contributed by atoms with Crippen molar-refractivity contribution in [2.45, 2.75) is 23.8 Å². The van der Waals surface area contributed by atoms with Crippen molar-refractivity contribution in [2.24, 2.45) is 0 Å². The maximum atomic E-state index is 11.8. The van der Waals surface area contributed by atoms with Crippen LogP contribution in [0.15, 0.2) is 71.8 Å². The number of fused-ring (bicyclic) bond motifs is 1. The largest absolute Gasteiger partial charge is 0.394 e. The highest BCUT2D eigenvalue weighted by Gasteiger charge is 2.25. The molecule has 33 heavy (non-hydrogen) atoms. The number of anilines is 1. The SMILES string of the molecule is CS(=O)(=O)c1ccc(On2c(-c3ccccn3)nc3ccc(N4CCCC4CO)cc32)cc1. The molecular formula is C24H24N4O4S. The van der Waals surface area contributed by atoms with Crippen molar-refractivity contribution in [3.05, 3.63) is 66.9 Å². The standard InChI is InChI=1S/C24H24N4O4S/c1-33(30,31)20-10-8-19(9-11-20)32-28-23-15-17(27-14-4-5-18(27)16-29)7-12-21(23)26-24(28)22-6-2-3-13-25-22/h2-3,6-13,15,18,29H,4-5,14,16H2,1H3. The minimum absolute atomic E-state index is 0.0959. The first-order valence-electron chi connectivity index (χ1n) is 10.7. The minimum atomic E-state index is -3.30.